The van der Waals surface area contributed by atoms with Gasteiger partial charge in [-0.15, -0.1) is 0 Å². The van der Waals surface area contributed by atoms with Gasteiger partial charge in [0.15, 0.2) is 0 Å². The molecule has 2 atom stereocenters. The highest BCUT2D eigenvalue weighted by Crippen LogP contribution is 2.68. The predicted molar refractivity (Wildman–Crippen MR) is 45.6 cm³/mol. The van der Waals surface area contributed by atoms with Crippen LogP contribution in [0.3, 0.4) is 0 Å². The maximum absolute atomic E-state index is 2.38. The first kappa shape index (κ1) is 7.54. The molecule has 54 valence electrons. The zero-order chi connectivity index (χ0) is 7.07. The molecule has 0 nitrogen and oxygen atoms in total. The summed E-state index contributed by atoms with van der Waals surface area (Å²) in [4.78, 5) is 0. The SMILES string of the molecule is CCC1CP1C(C)(C)C. The highest BCUT2D eigenvalue weighted by Gasteiger charge is 2.42. The van der Waals surface area contributed by atoms with Crippen LogP contribution in [0.2, 0.25) is 0 Å². The molecule has 0 aromatic carbocycles. The highest BCUT2D eigenvalue weighted by molar-refractivity contribution is 7.67. The summed E-state index contributed by atoms with van der Waals surface area (Å²) in [5, 5.41) is 0.649. The van der Waals surface area contributed by atoms with E-state index < -0.39 is 0 Å². The first-order valence-corrected chi connectivity index (χ1v) is 5.42. The van der Waals surface area contributed by atoms with Gasteiger partial charge >= 0.3 is 0 Å². The first-order chi connectivity index (χ1) is 4.05. The summed E-state index contributed by atoms with van der Waals surface area (Å²) in [6, 6.07) is 0. The molecule has 1 heteroatoms. The topological polar surface area (TPSA) is 0 Å². The van der Waals surface area contributed by atoms with Crippen molar-refractivity contribution in [1.82, 2.24) is 0 Å². The maximum Gasteiger partial charge on any atom is -0.0167 e. The smallest absolute Gasteiger partial charge is 0.0167 e. The van der Waals surface area contributed by atoms with Gasteiger partial charge in [0, 0.05) is 0 Å². The summed E-state index contributed by atoms with van der Waals surface area (Å²) in [5.41, 5.74) is 1.12. The third-order valence-electron chi connectivity index (χ3n) is 2.05. The highest BCUT2D eigenvalue weighted by atomic mass is 31.1. The van der Waals surface area contributed by atoms with Crippen LogP contribution < -0.4 is 0 Å². The Kier molecular flexibility index (Phi) is 1.87. The predicted octanol–water partition coefficient (Wildman–Crippen LogP) is 3.06. The van der Waals surface area contributed by atoms with E-state index >= 15 is 0 Å². The van der Waals surface area contributed by atoms with Crippen molar-refractivity contribution < 1.29 is 0 Å². The fourth-order valence-corrected chi connectivity index (χ4v) is 4.30. The fourth-order valence-electron chi connectivity index (χ4n) is 1.35. The lowest BCUT2D eigenvalue weighted by atomic mass is 10.3. The number of rotatable bonds is 1. The van der Waals surface area contributed by atoms with Crippen LogP contribution in [0, 0.1) is 0 Å². The second-order valence-corrected chi connectivity index (χ2v) is 7.26. The van der Waals surface area contributed by atoms with Gasteiger partial charge in [0.25, 0.3) is 0 Å². The molecular weight excluding hydrogens is 127 g/mol. The molecule has 9 heavy (non-hydrogen) atoms. The minimum Gasteiger partial charge on any atom is -0.0970 e. The van der Waals surface area contributed by atoms with E-state index in [1.165, 1.54) is 6.42 Å². The summed E-state index contributed by atoms with van der Waals surface area (Å²) in [6.07, 6.45) is 2.97. The molecule has 1 rings (SSSR count). The Hall–Kier alpha value is 0.430. The molecule has 1 heterocycles. The van der Waals surface area contributed by atoms with Crippen LogP contribution in [-0.2, 0) is 0 Å². The molecule has 0 bridgehead atoms. The van der Waals surface area contributed by atoms with Crippen LogP contribution in [0.25, 0.3) is 0 Å². The van der Waals surface area contributed by atoms with Gasteiger partial charge in [-0.2, -0.15) is 0 Å². The fraction of sp³-hybridized carbons (Fsp3) is 1.00. The molecule has 0 aliphatic carbocycles. The molecule has 1 saturated heterocycles. The van der Waals surface area contributed by atoms with E-state index in [1.807, 2.05) is 0 Å². The molecule has 1 fully saturated rings. The minimum absolute atomic E-state index is 0.445. The van der Waals surface area contributed by atoms with Gasteiger partial charge in [-0.3, -0.25) is 0 Å². The minimum atomic E-state index is 0.445. The molecule has 2 unspecified atom stereocenters. The Morgan fingerprint density at radius 1 is 1.44 bits per heavy atom. The molecule has 0 aromatic rings. The Morgan fingerprint density at radius 3 is 2.11 bits per heavy atom. The van der Waals surface area contributed by atoms with Crippen LogP contribution in [0.4, 0.5) is 0 Å². The Labute approximate surface area is 59.8 Å². The summed E-state index contributed by atoms with van der Waals surface area (Å²) >= 11 is 0. The van der Waals surface area contributed by atoms with Gasteiger partial charge in [0.2, 0.25) is 0 Å². The van der Waals surface area contributed by atoms with Crippen molar-refractivity contribution in [2.45, 2.75) is 44.9 Å². The van der Waals surface area contributed by atoms with Gasteiger partial charge in [-0.1, -0.05) is 35.6 Å². The van der Waals surface area contributed by atoms with E-state index in [9.17, 15) is 0 Å². The molecule has 1 aliphatic heterocycles. The normalized spacial score (nSPS) is 34.7. The average Bonchev–Trinajstić information content (AvgIpc) is 2.39. The summed E-state index contributed by atoms with van der Waals surface area (Å²) in [6.45, 7) is 9.47. The van der Waals surface area contributed by atoms with Gasteiger partial charge in [-0.25, -0.2) is 0 Å². The third kappa shape index (κ3) is 1.67. The molecule has 0 N–H and O–H groups in total. The van der Waals surface area contributed by atoms with Crippen molar-refractivity contribution in [1.29, 1.82) is 0 Å². The second kappa shape index (κ2) is 2.23. The summed E-state index contributed by atoms with van der Waals surface area (Å²) in [5.74, 6) is 0. The van der Waals surface area contributed by atoms with E-state index in [0.717, 1.165) is 5.66 Å². The maximum atomic E-state index is 2.38. The zero-order valence-corrected chi connectivity index (χ0v) is 7.83. The third-order valence-corrected chi connectivity index (χ3v) is 5.57. The molecule has 0 aromatic heterocycles. The molecule has 0 radical (unpaired) electrons. The van der Waals surface area contributed by atoms with Crippen molar-refractivity contribution in [2.24, 2.45) is 0 Å². The average molecular weight is 144 g/mol. The van der Waals surface area contributed by atoms with E-state index in [0.29, 0.717) is 13.1 Å². The van der Waals surface area contributed by atoms with Crippen LogP contribution in [0.15, 0.2) is 0 Å². The van der Waals surface area contributed by atoms with Gasteiger partial charge in [0.05, 0.1) is 0 Å². The van der Waals surface area contributed by atoms with Crippen LogP contribution in [0.5, 0.6) is 0 Å². The standard InChI is InChI=1S/C8H17P/c1-5-7-6-9(7)8(2,3)4/h7H,5-6H2,1-4H3. The molecule has 0 amide bonds. The largest absolute Gasteiger partial charge is 0.0970 e. The Bertz CT molecular complexity index is 102. The lowest BCUT2D eigenvalue weighted by Gasteiger charge is -2.17. The van der Waals surface area contributed by atoms with Crippen LogP contribution in [-0.4, -0.2) is 17.0 Å². The quantitative estimate of drug-likeness (QED) is 0.496. The Morgan fingerprint density at radius 2 is 2.00 bits per heavy atom. The van der Waals surface area contributed by atoms with Crippen molar-refractivity contribution >= 4 is 7.92 Å². The second-order valence-electron chi connectivity index (χ2n) is 3.89. The van der Waals surface area contributed by atoms with Gasteiger partial charge < -0.3 is 0 Å². The van der Waals surface area contributed by atoms with E-state index in [-0.39, 0.29) is 0 Å². The molecule has 1 aliphatic rings. The lowest BCUT2D eigenvalue weighted by molar-refractivity contribution is 0.790. The van der Waals surface area contributed by atoms with E-state index in [4.69, 9.17) is 0 Å². The molecule has 0 saturated carbocycles. The van der Waals surface area contributed by atoms with Gasteiger partial charge in [-0.05, 0) is 23.4 Å². The van der Waals surface area contributed by atoms with Crippen LogP contribution >= 0.6 is 7.92 Å². The lowest BCUT2D eigenvalue weighted by Crippen LogP contribution is -2.05. The zero-order valence-electron chi connectivity index (χ0n) is 6.94. The van der Waals surface area contributed by atoms with Crippen molar-refractivity contribution in [2.75, 3.05) is 6.16 Å². The number of hydrogen-bond donors (Lipinski definition) is 0. The summed E-state index contributed by atoms with van der Waals surface area (Å²) in [7, 11) is 0.445. The molecule has 0 spiro atoms. The van der Waals surface area contributed by atoms with Crippen molar-refractivity contribution in [3.05, 3.63) is 0 Å². The number of hydrogen-bond acceptors (Lipinski definition) is 0. The molecular formula is C8H17P. The van der Waals surface area contributed by atoms with Gasteiger partial charge in [0.1, 0.15) is 0 Å². The van der Waals surface area contributed by atoms with Crippen LogP contribution in [0.1, 0.15) is 34.1 Å². The van der Waals surface area contributed by atoms with E-state index in [1.54, 1.807) is 6.16 Å². The van der Waals surface area contributed by atoms with Crippen molar-refractivity contribution in [3.63, 3.8) is 0 Å². The van der Waals surface area contributed by atoms with Crippen molar-refractivity contribution in [3.8, 4) is 0 Å². The summed E-state index contributed by atoms with van der Waals surface area (Å²) < 4.78 is 0. The van der Waals surface area contributed by atoms with E-state index in [2.05, 4.69) is 27.7 Å². The Balaban J connectivity index is 2.33. The monoisotopic (exact) mass is 144 g/mol. The first-order valence-electron chi connectivity index (χ1n) is 3.82.